The molecule has 1 amide bonds. The summed E-state index contributed by atoms with van der Waals surface area (Å²) in [6.45, 7) is 4.25. The molecule has 0 aromatic carbocycles. The van der Waals surface area contributed by atoms with Gasteiger partial charge in [-0.25, -0.2) is 0 Å². The highest BCUT2D eigenvalue weighted by atomic mass is 16.5. The van der Waals surface area contributed by atoms with Crippen LogP contribution in [0.15, 0.2) is 12.2 Å². The Balaban J connectivity index is 1.70. The van der Waals surface area contributed by atoms with E-state index in [1.807, 2.05) is 13.0 Å². The number of aliphatic carboxylic acids is 1. The fourth-order valence-electron chi connectivity index (χ4n) is 3.55. The average Bonchev–Trinajstić information content (AvgIpc) is 3.03. The molecule has 2 saturated heterocycles. The number of likely N-dealkylation sites (tertiary alicyclic amines) is 1. The molecule has 0 aliphatic carbocycles. The summed E-state index contributed by atoms with van der Waals surface area (Å²) in [6, 6.07) is 0. The van der Waals surface area contributed by atoms with Gasteiger partial charge in [0.15, 0.2) is 0 Å². The summed E-state index contributed by atoms with van der Waals surface area (Å²) in [6.07, 6.45) is 3.97. The van der Waals surface area contributed by atoms with Gasteiger partial charge in [0, 0.05) is 19.8 Å². The van der Waals surface area contributed by atoms with Crippen LogP contribution in [0.25, 0.3) is 0 Å². The number of hydrogen-bond acceptors (Lipinski definition) is 4. The molecule has 1 N–H and O–H groups in total. The van der Waals surface area contributed by atoms with E-state index in [2.05, 4.69) is 0 Å². The molecular weight excluding hydrogens is 262 g/mol. The van der Waals surface area contributed by atoms with Crippen molar-refractivity contribution >= 4 is 11.9 Å². The lowest BCUT2D eigenvalue weighted by molar-refractivity contribution is -0.148. The van der Waals surface area contributed by atoms with Crippen molar-refractivity contribution in [3.8, 4) is 0 Å². The van der Waals surface area contributed by atoms with Gasteiger partial charge in [-0.2, -0.15) is 0 Å². The highest BCUT2D eigenvalue weighted by molar-refractivity contribution is 5.90. The van der Waals surface area contributed by atoms with Gasteiger partial charge in [-0.05, 0) is 13.3 Å². The van der Waals surface area contributed by atoms with E-state index in [0.717, 1.165) is 6.42 Å². The molecule has 0 radical (unpaired) electrons. The van der Waals surface area contributed by atoms with Gasteiger partial charge in [0.25, 0.3) is 0 Å². The molecule has 3 heterocycles. The molecular formula is C14H19NO5. The summed E-state index contributed by atoms with van der Waals surface area (Å²) in [7, 11) is 0. The minimum Gasteiger partial charge on any atom is -0.481 e. The summed E-state index contributed by atoms with van der Waals surface area (Å²) in [5.41, 5.74) is -0.712. The highest BCUT2D eigenvalue weighted by Gasteiger charge is 2.66. The van der Waals surface area contributed by atoms with Gasteiger partial charge in [-0.3, -0.25) is 9.59 Å². The van der Waals surface area contributed by atoms with Crippen LogP contribution in [0.5, 0.6) is 0 Å². The Bertz CT molecular complexity index is 462. The first-order valence-corrected chi connectivity index (χ1v) is 7.05. The lowest BCUT2D eigenvalue weighted by Gasteiger charge is -2.21. The number of carboxylic acids is 1. The summed E-state index contributed by atoms with van der Waals surface area (Å²) in [5, 5.41) is 9.32. The molecule has 0 aromatic rings. The van der Waals surface area contributed by atoms with Crippen LogP contribution in [0.1, 0.15) is 13.3 Å². The van der Waals surface area contributed by atoms with Crippen molar-refractivity contribution in [3.05, 3.63) is 12.2 Å². The highest BCUT2D eigenvalue weighted by Crippen LogP contribution is 2.51. The van der Waals surface area contributed by atoms with Gasteiger partial charge >= 0.3 is 5.97 Å². The number of ether oxygens (including phenoxy) is 2. The van der Waals surface area contributed by atoms with E-state index in [1.54, 1.807) is 11.0 Å². The second kappa shape index (κ2) is 4.86. The normalized spacial score (nSPS) is 37.8. The molecule has 4 unspecified atom stereocenters. The topological polar surface area (TPSA) is 76.1 Å². The van der Waals surface area contributed by atoms with Crippen molar-refractivity contribution < 1.29 is 24.2 Å². The van der Waals surface area contributed by atoms with Crippen LogP contribution < -0.4 is 0 Å². The Labute approximate surface area is 117 Å². The second-order valence-corrected chi connectivity index (χ2v) is 5.55. The third-order valence-electron chi connectivity index (χ3n) is 4.38. The molecule has 3 aliphatic rings. The summed E-state index contributed by atoms with van der Waals surface area (Å²) < 4.78 is 11.1. The van der Waals surface area contributed by atoms with Crippen molar-refractivity contribution in [2.24, 2.45) is 11.8 Å². The van der Waals surface area contributed by atoms with E-state index in [0.29, 0.717) is 26.3 Å². The lowest BCUT2D eigenvalue weighted by atomic mass is 9.77. The van der Waals surface area contributed by atoms with E-state index in [4.69, 9.17) is 9.47 Å². The zero-order chi connectivity index (χ0) is 14.3. The molecule has 2 fully saturated rings. The van der Waals surface area contributed by atoms with E-state index >= 15 is 0 Å². The number of carboxylic acid groups (broad SMARTS) is 1. The fraction of sp³-hybridized carbons (Fsp3) is 0.714. The van der Waals surface area contributed by atoms with Crippen LogP contribution in [0.2, 0.25) is 0 Å². The number of rotatable bonds is 6. The van der Waals surface area contributed by atoms with E-state index < -0.39 is 29.5 Å². The Morgan fingerprint density at radius 2 is 2.45 bits per heavy atom. The zero-order valence-electron chi connectivity index (χ0n) is 11.4. The second-order valence-electron chi connectivity index (χ2n) is 5.55. The van der Waals surface area contributed by atoms with Gasteiger partial charge in [-0.15, -0.1) is 0 Å². The lowest BCUT2D eigenvalue weighted by Crippen LogP contribution is -2.39. The number of nitrogens with zero attached hydrogens (tertiary/aromatic N) is 1. The first kappa shape index (κ1) is 13.6. The standard InChI is InChI=1S/C14H19NO5/c1-2-19-7-3-6-15-8-14-5-4-9(20-14)10(13(17)18)11(14)12(15)16/h4-5,9-11H,2-3,6-8H2,1H3,(H,17,18). The monoisotopic (exact) mass is 281 g/mol. The maximum Gasteiger partial charge on any atom is 0.310 e. The van der Waals surface area contributed by atoms with Crippen LogP contribution in [0.3, 0.4) is 0 Å². The number of amides is 1. The summed E-state index contributed by atoms with van der Waals surface area (Å²) >= 11 is 0. The van der Waals surface area contributed by atoms with Gasteiger partial charge in [-0.1, -0.05) is 12.2 Å². The predicted molar refractivity (Wildman–Crippen MR) is 69.0 cm³/mol. The molecule has 20 heavy (non-hydrogen) atoms. The van der Waals surface area contributed by atoms with Crippen LogP contribution in [0, 0.1) is 11.8 Å². The first-order valence-electron chi connectivity index (χ1n) is 7.05. The molecule has 0 aromatic heterocycles. The largest absolute Gasteiger partial charge is 0.481 e. The number of fused-ring (bicyclic) bond motifs is 1. The minimum atomic E-state index is -0.948. The maximum absolute atomic E-state index is 12.5. The molecule has 3 aliphatic heterocycles. The van der Waals surface area contributed by atoms with Crippen molar-refractivity contribution in [1.82, 2.24) is 4.90 Å². The first-order chi connectivity index (χ1) is 9.59. The molecule has 6 nitrogen and oxygen atoms in total. The van der Waals surface area contributed by atoms with Crippen LogP contribution in [-0.2, 0) is 19.1 Å². The maximum atomic E-state index is 12.5. The Morgan fingerprint density at radius 1 is 1.65 bits per heavy atom. The van der Waals surface area contributed by atoms with Crippen LogP contribution in [-0.4, -0.2) is 59.9 Å². The molecule has 3 rings (SSSR count). The third-order valence-corrected chi connectivity index (χ3v) is 4.38. The third kappa shape index (κ3) is 1.86. The van der Waals surface area contributed by atoms with Crippen LogP contribution in [0.4, 0.5) is 0 Å². The van der Waals surface area contributed by atoms with Gasteiger partial charge in [0.1, 0.15) is 11.5 Å². The molecule has 0 saturated carbocycles. The SMILES string of the molecule is CCOCCCN1CC23C=CC(O2)C(C(=O)O)C3C1=O. The van der Waals surface area contributed by atoms with Crippen molar-refractivity contribution in [2.45, 2.75) is 25.0 Å². The zero-order valence-corrected chi connectivity index (χ0v) is 11.4. The molecule has 6 heteroatoms. The molecule has 4 atom stereocenters. The average molecular weight is 281 g/mol. The number of carbonyl (C=O) groups excluding carboxylic acids is 1. The van der Waals surface area contributed by atoms with Crippen molar-refractivity contribution in [1.29, 1.82) is 0 Å². The smallest absolute Gasteiger partial charge is 0.310 e. The van der Waals surface area contributed by atoms with Gasteiger partial charge < -0.3 is 19.5 Å². The van der Waals surface area contributed by atoms with E-state index in [-0.39, 0.29) is 5.91 Å². The molecule has 2 bridgehead atoms. The Morgan fingerprint density at radius 3 is 3.15 bits per heavy atom. The van der Waals surface area contributed by atoms with Crippen molar-refractivity contribution in [2.75, 3.05) is 26.3 Å². The number of carbonyl (C=O) groups is 2. The predicted octanol–water partition coefficient (Wildman–Crippen LogP) is 0.280. The number of hydrogen-bond donors (Lipinski definition) is 1. The summed E-state index contributed by atoms with van der Waals surface area (Å²) in [4.78, 5) is 25.5. The quantitative estimate of drug-likeness (QED) is 0.559. The van der Waals surface area contributed by atoms with Gasteiger partial charge in [0.2, 0.25) is 5.91 Å². The summed E-state index contributed by atoms with van der Waals surface area (Å²) in [5.74, 6) is -2.36. The van der Waals surface area contributed by atoms with Crippen molar-refractivity contribution in [3.63, 3.8) is 0 Å². The molecule has 1 spiro atoms. The Hall–Kier alpha value is -1.40. The Kier molecular flexibility index (Phi) is 3.30. The fourth-order valence-corrected chi connectivity index (χ4v) is 3.55. The van der Waals surface area contributed by atoms with E-state index in [9.17, 15) is 14.7 Å². The van der Waals surface area contributed by atoms with Crippen LogP contribution >= 0.6 is 0 Å². The minimum absolute atomic E-state index is 0.0965. The van der Waals surface area contributed by atoms with Gasteiger partial charge in [0.05, 0.1) is 18.6 Å². The van der Waals surface area contributed by atoms with E-state index in [1.165, 1.54) is 0 Å². The molecule has 110 valence electrons.